The number of para-hydroxylation sites is 1. The Balaban J connectivity index is 2.23. The van der Waals surface area contributed by atoms with E-state index in [1.807, 2.05) is 6.07 Å². The van der Waals surface area contributed by atoms with E-state index in [4.69, 9.17) is 11.1 Å². The van der Waals surface area contributed by atoms with E-state index in [-0.39, 0.29) is 5.96 Å². The van der Waals surface area contributed by atoms with Crippen LogP contribution in [0.1, 0.15) is 0 Å². The molecule has 0 unspecified atom stereocenters. The Morgan fingerprint density at radius 1 is 1.38 bits per heavy atom. The molecule has 0 atom stereocenters. The number of nitrogens with one attached hydrogen (secondary N) is 1. The molecule has 2 aromatic rings. The van der Waals surface area contributed by atoms with E-state index in [0.717, 1.165) is 5.06 Å². The number of aromatic nitrogens is 2. The first kappa shape index (κ1) is 10.2. The molecular formula is C10H11N5O. The fraction of sp³-hybridized carbons (Fsp3) is 0. The van der Waals surface area contributed by atoms with Crippen LogP contribution in [0.3, 0.4) is 0 Å². The maximum atomic E-state index is 9.76. The molecule has 0 aliphatic heterocycles. The maximum absolute atomic E-state index is 9.76. The fourth-order valence-electron chi connectivity index (χ4n) is 1.24. The van der Waals surface area contributed by atoms with Crippen molar-refractivity contribution in [1.82, 2.24) is 9.78 Å². The van der Waals surface area contributed by atoms with Crippen LogP contribution in [0.2, 0.25) is 0 Å². The molecule has 1 aromatic carbocycles. The first-order valence-corrected chi connectivity index (χ1v) is 4.61. The van der Waals surface area contributed by atoms with Gasteiger partial charge in [-0.2, -0.15) is 10.2 Å². The molecule has 1 heterocycles. The highest BCUT2D eigenvalue weighted by molar-refractivity contribution is 5.92. The zero-order chi connectivity index (χ0) is 11.5. The third kappa shape index (κ3) is 1.86. The molecule has 6 heteroatoms. The summed E-state index contributed by atoms with van der Waals surface area (Å²) in [5, 5.41) is 22.0. The third-order valence-corrected chi connectivity index (χ3v) is 2.02. The number of nitrogens with two attached hydrogens (primary N) is 1. The van der Waals surface area contributed by atoms with Crippen molar-refractivity contribution in [1.29, 1.82) is 5.41 Å². The van der Waals surface area contributed by atoms with E-state index in [2.05, 4.69) is 5.10 Å². The van der Waals surface area contributed by atoms with Gasteiger partial charge in [-0.05, 0) is 12.1 Å². The van der Waals surface area contributed by atoms with Gasteiger partial charge in [-0.1, -0.05) is 18.2 Å². The minimum Gasteiger partial charge on any atom is -0.396 e. The second-order valence-corrected chi connectivity index (χ2v) is 3.19. The Hall–Kier alpha value is -2.34. The van der Waals surface area contributed by atoms with Gasteiger partial charge in [-0.25, -0.2) is 4.68 Å². The number of hydrogen-bond acceptors (Lipinski definition) is 4. The molecule has 0 saturated heterocycles. The van der Waals surface area contributed by atoms with Crippen LogP contribution in [-0.4, -0.2) is 20.9 Å². The van der Waals surface area contributed by atoms with E-state index >= 15 is 0 Å². The zero-order valence-electron chi connectivity index (χ0n) is 8.41. The van der Waals surface area contributed by atoms with Crippen LogP contribution in [0.5, 0.6) is 0 Å². The Bertz CT molecular complexity index is 493. The third-order valence-electron chi connectivity index (χ3n) is 2.02. The number of anilines is 2. The van der Waals surface area contributed by atoms with Crippen molar-refractivity contribution in [2.24, 2.45) is 0 Å². The van der Waals surface area contributed by atoms with Gasteiger partial charge in [0.05, 0.1) is 23.8 Å². The molecule has 0 aliphatic carbocycles. The van der Waals surface area contributed by atoms with Crippen molar-refractivity contribution in [2.45, 2.75) is 0 Å². The summed E-state index contributed by atoms with van der Waals surface area (Å²) in [7, 11) is 0. The number of nitrogen functional groups attached to an aromatic ring is 1. The van der Waals surface area contributed by atoms with Crippen molar-refractivity contribution in [3.8, 4) is 0 Å². The second-order valence-electron chi connectivity index (χ2n) is 3.19. The lowest BCUT2D eigenvalue weighted by Crippen LogP contribution is -2.32. The van der Waals surface area contributed by atoms with E-state index in [9.17, 15) is 5.21 Å². The number of nitrogens with zero attached hydrogens (tertiary/aromatic N) is 3. The van der Waals surface area contributed by atoms with E-state index in [1.54, 1.807) is 24.3 Å². The van der Waals surface area contributed by atoms with E-state index < -0.39 is 0 Å². The van der Waals surface area contributed by atoms with Crippen molar-refractivity contribution in [2.75, 3.05) is 10.8 Å². The molecule has 4 N–H and O–H groups in total. The van der Waals surface area contributed by atoms with Crippen LogP contribution in [0.25, 0.3) is 0 Å². The molecule has 2 rings (SSSR count). The van der Waals surface area contributed by atoms with Gasteiger partial charge in [-0.15, -0.1) is 0 Å². The first-order chi connectivity index (χ1) is 7.68. The Labute approximate surface area is 92.0 Å². The Morgan fingerprint density at radius 3 is 2.62 bits per heavy atom. The molecule has 0 amide bonds. The highest BCUT2D eigenvalue weighted by atomic mass is 16.5. The quantitative estimate of drug-likeness (QED) is 0.379. The molecular weight excluding hydrogens is 206 g/mol. The number of hydroxylamine groups is 1. The topological polar surface area (TPSA) is 91.2 Å². The molecule has 0 spiro atoms. The Kier molecular flexibility index (Phi) is 2.57. The van der Waals surface area contributed by atoms with Crippen LogP contribution in [0.4, 0.5) is 11.4 Å². The molecule has 0 fully saturated rings. The summed E-state index contributed by atoms with van der Waals surface area (Å²) in [4.78, 5) is 0. The monoisotopic (exact) mass is 217 g/mol. The molecule has 16 heavy (non-hydrogen) atoms. The molecule has 0 bridgehead atoms. The van der Waals surface area contributed by atoms with Gasteiger partial charge in [0.15, 0.2) is 0 Å². The Morgan fingerprint density at radius 2 is 2.06 bits per heavy atom. The van der Waals surface area contributed by atoms with Crippen LogP contribution >= 0.6 is 0 Å². The lowest BCUT2D eigenvalue weighted by atomic mass is 10.3. The normalized spacial score (nSPS) is 10.1. The highest BCUT2D eigenvalue weighted by Gasteiger charge is 2.11. The SMILES string of the molecule is N=C(N(O)c1ccccc1)n1cc(N)cn1. The van der Waals surface area contributed by atoms with Gasteiger partial charge in [0.2, 0.25) is 5.96 Å². The summed E-state index contributed by atoms with van der Waals surface area (Å²) in [6, 6.07) is 8.72. The first-order valence-electron chi connectivity index (χ1n) is 4.61. The fourth-order valence-corrected chi connectivity index (χ4v) is 1.24. The number of hydrogen-bond donors (Lipinski definition) is 3. The van der Waals surface area contributed by atoms with Crippen LogP contribution in [0.15, 0.2) is 42.7 Å². The summed E-state index contributed by atoms with van der Waals surface area (Å²) in [5.74, 6) is -0.192. The summed E-state index contributed by atoms with van der Waals surface area (Å²) in [5.41, 5.74) is 6.40. The van der Waals surface area contributed by atoms with Crippen molar-refractivity contribution < 1.29 is 5.21 Å². The lowest BCUT2D eigenvalue weighted by molar-refractivity contribution is 0.306. The minimum atomic E-state index is -0.192. The maximum Gasteiger partial charge on any atom is 0.248 e. The summed E-state index contributed by atoms with van der Waals surface area (Å²) in [6.45, 7) is 0. The van der Waals surface area contributed by atoms with E-state index in [0.29, 0.717) is 11.4 Å². The largest absolute Gasteiger partial charge is 0.396 e. The lowest BCUT2D eigenvalue weighted by Gasteiger charge is -2.16. The van der Waals surface area contributed by atoms with Crippen LogP contribution in [0, 0.1) is 5.41 Å². The molecule has 1 aromatic heterocycles. The van der Waals surface area contributed by atoms with Gasteiger partial charge in [0.25, 0.3) is 0 Å². The number of rotatable bonds is 1. The van der Waals surface area contributed by atoms with Crippen molar-refractivity contribution in [3.05, 3.63) is 42.7 Å². The molecule has 0 aliphatic rings. The number of benzene rings is 1. The minimum absolute atomic E-state index is 0.192. The highest BCUT2D eigenvalue weighted by Crippen LogP contribution is 2.11. The molecule has 0 saturated carbocycles. The van der Waals surface area contributed by atoms with Gasteiger partial charge in [0, 0.05) is 0 Å². The van der Waals surface area contributed by atoms with Gasteiger partial charge < -0.3 is 5.73 Å². The summed E-state index contributed by atoms with van der Waals surface area (Å²) >= 11 is 0. The van der Waals surface area contributed by atoms with Crippen molar-refractivity contribution >= 4 is 17.3 Å². The summed E-state index contributed by atoms with van der Waals surface area (Å²) < 4.78 is 1.18. The average molecular weight is 217 g/mol. The predicted molar refractivity (Wildman–Crippen MR) is 60.5 cm³/mol. The summed E-state index contributed by atoms with van der Waals surface area (Å²) in [6.07, 6.45) is 2.86. The molecule has 82 valence electrons. The smallest absolute Gasteiger partial charge is 0.248 e. The molecule has 6 nitrogen and oxygen atoms in total. The zero-order valence-corrected chi connectivity index (χ0v) is 8.41. The van der Waals surface area contributed by atoms with Crippen molar-refractivity contribution in [3.63, 3.8) is 0 Å². The average Bonchev–Trinajstić information content (AvgIpc) is 2.75. The van der Waals surface area contributed by atoms with Gasteiger partial charge in [-0.3, -0.25) is 10.6 Å². The van der Waals surface area contributed by atoms with E-state index in [1.165, 1.54) is 17.1 Å². The van der Waals surface area contributed by atoms with Crippen LogP contribution in [-0.2, 0) is 0 Å². The standard InChI is InChI=1S/C10H11N5O/c11-8-6-13-14(7-8)10(12)15(16)9-4-2-1-3-5-9/h1-7,12,16H,11H2. The molecule has 0 radical (unpaired) electrons. The van der Waals surface area contributed by atoms with Gasteiger partial charge >= 0.3 is 0 Å². The van der Waals surface area contributed by atoms with Gasteiger partial charge in [0.1, 0.15) is 0 Å². The van der Waals surface area contributed by atoms with Crippen LogP contribution < -0.4 is 10.8 Å². The second kappa shape index (κ2) is 4.03. The predicted octanol–water partition coefficient (Wildman–Crippen LogP) is 1.14.